The van der Waals surface area contributed by atoms with Crippen molar-refractivity contribution in [3.8, 4) is 23.7 Å². The van der Waals surface area contributed by atoms with E-state index >= 15 is 0 Å². The van der Waals surface area contributed by atoms with E-state index in [1.807, 2.05) is 84.7 Å². The largest absolute Gasteiger partial charge is 0.422 e. The second kappa shape index (κ2) is 17.9. The summed E-state index contributed by atoms with van der Waals surface area (Å²) >= 11 is 0. The minimum Gasteiger partial charge on any atom is -0.422 e. The Balaban J connectivity index is 0.924. The van der Waals surface area contributed by atoms with Crippen LogP contribution in [-0.2, 0) is 33.2 Å². The van der Waals surface area contributed by atoms with Crippen LogP contribution in [0.3, 0.4) is 0 Å². The topological polar surface area (TPSA) is 85.4 Å². The maximum atomic E-state index is 6.24. The SMILES string of the molecule is C[n+]1ccc(C#Cc2cc[n+](CCCCn3/c(=N/N=c4\oc5ccccc5n4CCCC[n+]4ccc(C#Cc5ccncc5)cc4)oc4ccccc43)cc2)cc1. The molecule has 0 aliphatic heterocycles. The van der Waals surface area contributed by atoms with Crippen molar-refractivity contribution in [2.45, 2.75) is 51.9 Å². The highest BCUT2D eigenvalue weighted by molar-refractivity contribution is 5.73. The molecule has 0 N–H and O–H groups in total. The summed E-state index contributed by atoms with van der Waals surface area (Å²) < 4.78 is 23.1. The molecule has 0 bridgehead atoms. The zero-order chi connectivity index (χ0) is 38.7. The van der Waals surface area contributed by atoms with Gasteiger partial charge in [0.1, 0.15) is 20.1 Å². The number of nitrogens with zero attached hydrogens (tertiary/aromatic N) is 8. The molecule has 0 aliphatic rings. The molecule has 0 aliphatic carbocycles. The van der Waals surface area contributed by atoms with Crippen molar-refractivity contribution in [2.24, 2.45) is 17.3 Å². The Morgan fingerprint density at radius 3 is 1.37 bits per heavy atom. The molecular weight excluding hydrogens is 709 g/mol. The smallest absolute Gasteiger partial charge is 0.321 e. The third-order valence-electron chi connectivity index (χ3n) is 9.64. The predicted octanol–water partition coefficient (Wildman–Crippen LogP) is 5.75. The third-order valence-corrected chi connectivity index (χ3v) is 9.64. The van der Waals surface area contributed by atoms with Crippen LogP contribution in [0.4, 0.5) is 0 Å². The Hall–Kier alpha value is -7.30. The highest BCUT2D eigenvalue weighted by Gasteiger charge is 2.11. The van der Waals surface area contributed by atoms with Gasteiger partial charge in [-0.05, 0) is 49.2 Å². The molecule has 10 nitrogen and oxygen atoms in total. The summed E-state index contributed by atoms with van der Waals surface area (Å²) in [5.74, 6) is 12.9. The molecule has 0 fully saturated rings. The number of rotatable bonds is 11. The van der Waals surface area contributed by atoms with Gasteiger partial charge in [-0.3, -0.25) is 14.1 Å². The van der Waals surface area contributed by atoms with Crippen LogP contribution in [0.5, 0.6) is 0 Å². The van der Waals surface area contributed by atoms with Crippen molar-refractivity contribution >= 4 is 22.2 Å². The van der Waals surface area contributed by atoms with Gasteiger partial charge < -0.3 is 8.83 Å². The molecule has 6 heterocycles. The molecule has 10 heteroatoms. The van der Waals surface area contributed by atoms with Gasteiger partial charge >= 0.3 is 11.4 Å². The number of benzene rings is 2. The molecular formula is C47H43N8O2+3. The first-order valence-corrected chi connectivity index (χ1v) is 19.3. The van der Waals surface area contributed by atoms with Gasteiger partial charge in [-0.1, -0.05) is 58.2 Å². The molecule has 2 aromatic carbocycles. The van der Waals surface area contributed by atoms with Crippen LogP contribution in [0.2, 0.25) is 0 Å². The van der Waals surface area contributed by atoms with E-state index < -0.39 is 0 Å². The first-order chi connectivity index (χ1) is 28.1. The molecule has 0 atom stereocenters. The van der Waals surface area contributed by atoms with E-state index in [-0.39, 0.29) is 0 Å². The number of aryl methyl sites for hydroxylation is 5. The number of fused-ring (bicyclic) bond motifs is 2. The molecule has 6 aromatic heterocycles. The second-order valence-corrected chi connectivity index (χ2v) is 13.8. The summed E-state index contributed by atoms with van der Waals surface area (Å²) in [6.07, 6.45) is 19.7. The zero-order valence-electron chi connectivity index (χ0n) is 31.9. The first-order valence-electron chi connectivity index (χ1n) is 19.3. The van der Waals surface area contributed by atoms with Crippen molar-refractivity contribution in [2.75, 3.05) is 0 Å². The van der Waals surface area contributed by atoms with Crippen LogP contribution in [0.25, 0.3) is 22.2 Å². The maximum absolute atomic E-state index is 6.24. The lowest BCUT2D eigenvalue weighted by Gasteiger charge is -2.03. The average molecular weight is 752 g/mol. The summed E-state index contributed by atoms with van der Waals surface area (Å²) in [5, 5.41) is 9.29. The molecule has 0 saturated carbocycles. The predicted molar refractivity (Wildman–Crippen MR) is 215 cm³/mol. The molecule has 0 spiro atoms. The van der Waals surface area contributed by atoms with E-state index in [0.29, 0.717) is 11.4 Å². The number of pyridine rings is 4. The number of unbranched alkanes of at least 4 members (excludes halogenated alkanes) is 2. The number of aromatic nitrogens is 6. The Bertz CT molecular complexity index is 2860. The maximum Gasteiger partial charge on any atom is 0.321 e. The Kier molecular flexibility index (Phi) is 11.5. The lowest BCUT2D eigenvalue weighted by molar-refractivity contribution is -0.697. The number of hydrogen-bond acceptors (Lipinski definition) is 5. The van der Waals surface area contributed by atoms with Crippen molar-refractivity contribution in [3.63, 3.8) is 0 Å². The fourth-order valence-corrected chi connectivity index (χ4v) is 6.53. The van der Waals surface area contributed by atoms with Gasteiger partial charge in [0.25, 0.3) is 0 Å². The van der Waals surface area contributed by atoms with E-state index in [1.165, 1.54) is 0 Å². The summed E-state index contributed by atoms with van der Waals surface area (Å²) in [6, 6.07) is 32.1. The highest BCUT2D eigenvalue weighted by Crippen LogP contribution is 2.14. The fourth-order valence-electron chi connectivity index (χ4n) is 6.53. The van der Waals surface area contributed by atoms with Gasteiger partial charge in [-0.2, -0.15) is 0 Å². The Morgan fingerprint density at radius 1 is 0.509 bits per heavy atom. The van der Waals surface area contributed by atoms with Gasteiger partial charge in [0.15, 0.2) is 48.3 Å². The van der Waals surface area contributed by atoms with Gasteiger partial charge in [0.05, 0.1) is 11.0 Å². The monoisotopic (exact) mass is 751 g/mol. The average Bonchev–Trinajstić information content (AvgIpc) is 3.80. The summed E-state index contributed by atoms with van der Waals surface area (Å²) in [6.45, 7) is 3.25. The highest BCUT2D eigenvalue weighted by atomic mass is 16.4. The van der Waals surface area contributed by atoms with E-state index in [9.17, 15) is 0 Å². The van der Waals surface area contributed by atoms with Crippen LogP contribution in [0, 0.1) is 23.7 Å². The number of oxazole rings is 2. The molecule has 8 aromatic rings. The minimum atomic E-state index is 0.440. The Labute approximate surface area is 331 Å². The minimum absolute atomic E-state index is 0.440. The van der Waals surface area contributed by atoms with Crippen molar-refractivity contribution in [3.05, 3.63) is 180 Å². The van der Waals surface area contributed by atoms with Gasteiger partial charge in [0, 0.05) is 97.0 Å². The lowest BCUT2D eigenvalue weighted by Crippen LogP contribution is -2.32. The van der Waals surface area contributed by atoms with Crippen LogP contribution >= 0.6 is 0 Å². The van der Waals surface area contributed by atoms with E-state index in [4.69, 9.17) is 8.83 Å². The fraction of sp³-hybridized carbons (Fsp3) is 0.191. The van der Waals surface area contributed by atoms with Crippen molar-refractivity contribution in [1.29, 1.82) is 0 Å². The second-order valence-electron chi connectivity index (χ2n) is 13.8. The molecule has 57 heavy (non-hydrogen) atoms. The summed E-state index contributed by atoms with van der Waals surface area (Å²) in [5.41, 5.74) is 8.30. The normalized spacial score (nSPS) is 11.7. The van der Waals surface area contributed by atoms with Gasteiger partial charge in [-0.25, -0.2) is 13.7 Å². The molecule has 0 radical (unpaired) electrons. The third kappa shape index (κ3) is 9.51. The summed E-state index contributed by atoms with van der Waals surface area (Å²) in [7, 11) is 2.00. The zero-order valence-corrected chi connectivity index (χ0v) is 31.9. The number of hydrogen-bond donors (Lipinski definition) is 0. The Morgan fingerprint density at radius 2 is 0.912 bits per heavy atom. The van der Waals surface area contributed by atoms with Crippen LogP contribution in [0.1, 0.15) is 47.9 Å². The quantitative estimate of drug-likeness (QED) is 0.0731. The van der Waals surface area contributed by atoms with Crippen LogP contribution in [-0.4, -0.2) is 14.1 Å². The van der Waals surface area contributed by atoms with Crippen LogP contribution < -0.4 is 25.1 Å². The van der Waals surface area contributed by atoms with E-state index in [0.717, 1.165) is 96.3 Å². The lowest BCUT2D eigenvalue weighted by atomic mass is 10.2. The molecule has 0 saturated heterocycles. The van der Waals surface area contributed by atoms with Gasteiger partial charge in [-0.15, -0.1) is 0 Å². The van der Waals surface area contributed by atoms with Crippen LogP contribution in [0.15, 0.2) is 166 Å². The molecule has 0 amide bonds. The first kappa shape index (κ1) is 36.7. The standard InChI is InChI=1S/C47H43N8O2/c1-51-32-20-39(21-33-51)16-17-41-24-36-53(37-25-41)29-7-9-31-55-43-11-3-5-13-45(43)57-47(55)50-49-46-54(42-10-2-4-12-44(42)56-46)30-8-6-28-52-34-22-40(23-35-52)15-14-38-18-26-48-27-19-38/h2-5,10-13,18-27,32-37H,6-9,28-31H2,1H3/q+3/b49-46-,50-47-. The molecule has 280 valence electrons. The van der Waals surface area contributed by atoms with E-state index in [1.54, 1.807) is 12.4 Å². The van der Waals surface area contributed by atoms with Crippen molar-refractivity contribution < 1.29 is 22.5 Å². The number of para-hydroxylation sites is 4. The molecule has 0 unspecified atom stereocenters. The van der Waals surface area contributed by atoms with Crippen molar-refractivity contribution in [1.82, 2.24) is 14.1 Å². The molecule has 8 rings (SSSR count). The van der Waals surface area contributed by atoms with E-state index in [2.05, 4.69) is 118 Å². The van der Waals surface area contributed by atoms with Gasteiger partial charge in [0.2, 0.25) is 0 Å². The summed E-state index contributed by atoms with van der Waals surface area (Å²) in [4.78, 5) is 4.05.